The lowest BCUT2D eigenvalue weighted by molar-refractivity contribution is 0.388. The predicted octanol–water partition coefficient (Wildman–Crippen LogP) is 2.11. The van der Waals surface area contributed by atoms with Gasteiger partial charge in [-0.3, -0.25) is 0 Å². The number of aromatic nitrogens is 2. The topological polar surface area (TPSA) is 33.1 Å². The van der Waals surface area contributed by atoms with Crippen molar-refractivity contribution in [2.24, 2.45) is 0 Å². The van der Waals surface area contributed by atoms with Crippen molar-refractivity contribution < 1.29 is 0 Å². The van der Waals surface area contributed by atoms with Gasteiger partial charge in [-0.05, 0) is 53.2 Å². The molecule has 0 spiro atoms. The van der Waals surface area contributed by atoms with E-state index in [9.17, 15) is 0 Å². The average molecular weight is 236 g/mol. The number of imidazole rings is 1. The summed E-state index contributed by atoms with van der Waals surface area (Å²) in [6.07, 6.45) is 7.21. The van der Waals surface area contributed by atoms with Crippen LogP contribution in [0.5, 0.6) is 0 Å². The van der Waals surface area contributed by atoms with Gasteiger partial charge in [-0.1, -0.05) is 0 Å². The second-order valence-corrected chi connectivity index (χ2v) is 5.33. The average Bonchev–Trinajstić information content (AvgIpc) is 2.98. The summed E-state index contributed by atoms with van der Waals surface area (Å²) in [6.45, 7) is 4.30. The fourth-order valence-electron chi connectivity index (χ4n) is 1.95. The van der Waals surface area contributed by atoms with Crippen LogP contribution in [-0.2, 0) is 6.54 Å². The van der Waals surface area contributed by atoms with E-state index in [-0.39, 0.29) is 0 Å². The molecule has 1 N–H and O–H groups in total. The van der Waals surface area contributed by atoms with E-state index in [1.54, 1.807) is 0 Å². The van der Waals surface area contributed by atoms with Crippen LogP contribution in [-0.4, -0.2) is 41.1 Å². The van der Waals surface area contributed by atoms with Crippen molar-refractivity contribution in [3.8, 4) is 0 Å². The van der Waals surface area contributed by atoms with Crippen LogP contribution in [0.4, 0.5) is 5.95 Å². The van der Waals surface area contributed by atoms with Crippen molar-refractivity contribution in [3.63, 3.8) is 0 Å². The van der Waals surface area contributed by atoms with E-state index in [4.69, 9.17) is 0 Å². The van der Waals surface area contributed by atoms with Gasteiger partial charge in [0, 0.05) is 18.8 Å². The van der Waals surface area contributed by atoms with Gasteiger partial charge in [0.15, 0.2) is 0 Å². The summed E-state index contributed by atoms with van der Waals surface area (Å²) in [5.74, 6) is 1.06. The van der Waals surface area contributed by atoms with E-state index in [1.807, 2.05) is 0 Å². The Morgan fingerprint density at radius 3 is 2.82 bits per heavy atom. The summed E-state index contributed by atoms with van der Waals surface area (Å²) in [6, 6.07) is 0.678. The maximum absolute atomic E-state index is 4.55. The largest absolute Gasteiger partial charge is 0.353 e. The zero-order valence-corrected chi connectivity index (χ0v) is 11.2. The van der Waals surface area contributed by atoms with E-state index in [0.29, 0.717) is 6.04 Å². The Balaban J connectivity index is 1.81. The van der Waals surface area contributed by atoms with Crippen molar-refractivity contribution in [2.75, 3.05) is 26.0 Å². The van der Waals surface area contributed by atoms with Crippen molar-refractivity contribution in [1.29, 1.82) is 0 Å². The molecule has 1 aromatic heterocycles. The highest BCUT2D eigenvalue weighted by Crippen LogP contribution is 2.24. The van der Waals surface area contributed by atoms with E-state index in [0.717, 1.165) is 18.2 Å². The van der Waals surface area contributed by atoms with Crippen LogP contribution in [0, 0.1) is 6.92 Å². The molecule has 0 radical (unpaired) electrons. The summed E-state index contributed by atoms with van der Waals surface area (Å²) in [5.41, 5.74) is 1.11. The summed E-state index contributed by atoms with van der Waals surface area (Å²) >= 11 is 0. The quantitative estimate of drug-likeness (QED) is 0.736. The molecule has 0 amide bonds. The molecular weight excluding hydrogens is 212 g/mol. The third kappa shape index (κ3) is 4.04. The highest BCUT2D eigenvalue weighted by molar-refractivity contribution is 5.32. The van der Waals surface area contributed by atoms with Gasteiger partial charge in [0.2, 0.25) is 5.95 Å². The van der Waals surface area contributed by atoms with Crippen molar-refractivity contribution in [1.82, 2.24) is 14.5 Å². The van der Waals surface area contributed by atoms with Gasteiger partial charge in [0.25, 0.3) is 0 Å². The monoisotopic (exact) mass is 236 g/mol. The molecule has 2 rings (SSSR count). The summed E-state index contributed by atoms with van der Waals surface area (Å²) in [4.78, 5) is 6.78. The lowest BCUT2D eigenvalue weighted by Crippen LogP contribution is -2.14. The fraction of sp³-hybridized carbons (Fsp3) is 0.769. The van der Waals surface area contributed by atoms with E-state index < -0.39 is 0 Å². The van der Waals surface area contributed by atoms with Gasteiger partial charge in [0.1, 0.15) is 0 Å². The lowest BCUT2D eigenvalue weighted by atomic mass is 10.3. The van der Waals surface area contributed by atoms with Crippen LogP contribution in [0.25, 0.3) is 0 Å². The molecule has 0 unspecified atom stereocenters. The molecule has 4 nitrogen and oxygen atoms in total. The molecule has 0 aromatic carbocycles. The smallest absolute Gasteiger partial charge is 0.203 e. The van der Waals surface area contributed by atoms with Gasteiger partial charge in [-0.15, -0.1) is 0 Å². The SMILES string of the molecule is Cc1cn(CCCCN(C)C)c(NC2CC2)n1. The number of hydrogen-bond donors (Lipinski definition) is 1. The van der Waals surface area contributed by atoms with Crippen molar-refractivity contribution >= 4 is 5.95 Å². The molecule has 0 aliphatic heterocycles. The number of aryl methyl sites for hydroxylation is 2. The third-order valence-corrected chi connectivity index (χ3v) is 3.06. The molecule has 1 saturated carbocycles. The number of hydrogen-bond acceptors (Lipinski definition) is 3. The molecular formula is C13H24N4. The fourth-order valence-corrected chi connectivity index (χ4v) is 1.95. The first-order valence-electron chi connectivity index (χ1n) is 6.60. The molecule has 1 aliphatic rings. The Kier molecular flexibility index (Phi) is 4.05. The third-order valence-electron chi connectivity index (χ3n) is 3.06. The molecule has 4 heteroatoms. The molecule has 1 aromatic rings. The number of nitrogens with one attached hydrogen (secondary N) is 1. The second kappa shape index (κ2) is 5.54. The Morgan fingerprint density at radius 1 is 1.41 bits per heavy atom. The Bertz CT molecular complexity index is 352. The maximum atomic E-state index is 4.55. The minimum atomic E-state index is 0.678. The van der Waals surface area contributed by atoms with Gasteiger partial charge in [0.05, 0.1) is 5.69 Å². The zero-order chi connectivity index (χ0) is 12.3. The molecule has 1 fully saturated rings. The first-order valence-corrected chi connectivity index (χ1v) is 6.60. The van der Waals surface area contributed by atoms with Gasteiger partial charge >= 0.3 is 0 Å². The van der Waals surface area contributed by atoms with Crippen LogP contribution in [0.1, 0.15) is 31.4 Å². The van der Waals surface area contributed by atoms with Crippen LogP contribution in [0.3, 0.4) is 0 Å². The van der Waals surface area contributed by atoms with E-state index in [2.05, 4.69) is 47.0 Å². The summed E-state index contributed by atoms with van der Waals surface area (Å²) < 4.78 is 2.27. The van der Waals surface area contributed by atoms with Crippen molar-refractivity contribution in [2.45, 2.75) is 45.2 Å². The van der Waals surface area contributed by atoms with Gasteiger partial charge < -0.3 is 14.8 Å². The van der Waals surface area contributed by atoms with Crippen molar-refractivity contribution in [3.05, 3.63) is 11.9 Å². The Hall–Kier alpha value is -1.03. The predicted molar refractivity (Wildman–Crippen MR) is 71.4 cm³/mol. The zero-order valence-electron chi connectivity index (χ0n) is 11.2. The number of nitrogens with zero attached hydrogens (tertiary/aromatic N) is 3. The van der Waals surface area contributed by atoms with Gasteiger partial charge in [-0.2, -0.15) is 0 Å². The minimum Gasteiger partial charge on any atom is -0.353 e. The molecule has 17 heavy (non-hydrogen) atoms. The van der Waals surface area contributed by atoms with Crippen LogP contribution < -0.4 is 5.32 Å². The molecule has 0 bridgehead atoms. The second-order valence-electron chi connectivity index (χ2n) is 5.33. The maximum Gasteiger partial charge on any atom is 0.203 e. The van der Waals surface area contributed by atoms with Crippen LogP contribution in [0.15, 0.2) is 6.20 Å². The summed E-state index contributed by atoms with van der Waals surface area (Å²) in [5, 5.41) is 3.50. The van der Waals surface area contributed by atoms with Crippen LogP contribution >= 0.6 is 0 Å². The minimum absolute atomic E-state index is 0.678. The first kappa shape index (κ1) is 12.4. The lowest BCUT2D eigenvalue weighted by Gasteiger charge is -2.11. The van der Waals surface area contributed by atoms with E-state index >= 15 is 0 Å². The number of rotatable bonds is 7. The molecule has 0 saturated heterocycles. The highest BCUT2D eigenvalue weighted by atomic mass is 15.2. The van der Waals surface area contributed by atoms with Crippen LogP contribution in [0.2, 0.25) is 0 Å². The Morgan fingerprint density at radius 2 is 2.18 bits per heavy atom. The standard InChI is InChI=1S/C13H24N4/c1-11-10-17(9-5-4-8-16(2)3)13(14-11)15-12-6-7-12/h10,12H,4-9H2,1-3H3,(H,14,15). The molecule has 0 atom stereocenters. The van der Waals surface area contributed by atoms with E-state index in [1.165, 1.54) is 32.2 Å². The number of unbranched alkanes of at least 4 members (excludes halogenated alkanes) is 1. The molecule has 96 valence electrons. The highest BCUT2D eigenvalue weighted by Gasteiger charge is 2.22. The summed E-state index contributed by atoms with van der Waals surface area (Å²) in [7, 11) is 4.25. The van der Waals surface area contributed by atoms with Gasteiger partial charge in [-0.25, -0.2) is 4.98 Å². The number of anilines is 1. The molecule has 1 aliphatic carbocycles. The molecule has 1 heterocycles. The first-order chi connectivity index (χ1) is 8.15. The Labute approximate surface area is 104 Å². The normalized spacial score (nSPS) is 15.5.